The maximum atomic E-state index is 4.96. The molecule has 1 rings (SSSR count). The van der Waals surface area contributed by atoms with Gasteiger partial charge in [-0.25, -0.2) is 4.98 Å². The van der Waals surface area contributed by atoms with E-state index in [-0.39, 0.29) is 0 Å². The van der Waals surface area contributed by atoms with Crippen LogP contribution in [0.4, 0.5) is 0 Å². The van der Waals surface area contributed by atoms with Gasteiger partial charge in [-0.3, -0.25) is 0 Å². The van der Waals surface area contributed by atoms with Crippen molar-refractivity contribution < 1.29 is 4.74 Å². The monoisotopic (exact) mass is 183 g/mol. The van der Waals surface area contributed by atoms with Gasteiger partial charge in [-0.1, -0.05) is 6.92 Å². The number of rotatable bonds is 6. The van der Waals surface area contributed by atoms with Gasteiger partial charge in [-0.15, -0.1) is 0 Å². The molecule has 0 unspecified atom stereocenters. The van der Waals surface area contributed by atoms with Crippen molar-refractivity contribution in [1.82, 2.24) is 15.3 Å². The quantitative estimate of drug-likeness (QED) is 0.683. The first kappa shape index (κ1) is 10.2. The maximum absolute atomic E-state index is 4.96. The summed E-state index contributed by atoms with van der Waals surface area (Å²) in [4.78, 5) is 7.46. The number of aromatic nitrogens is 2. The van der Waals surface area contributed by atoms with Gasteiger partial charge in [0, 0.05) is 32.0 Å². The lowest BCUT2D eigenvalue weighted by Gasteiger charge is -1.97. The van der Waals surface area contributed by atoms with E-state index in [4.69, 9.17) is 4.74 Å². The van der Waals surface area contributed by atoms with Crippen molar-refractivity contribution in [3.63, 3.8) is 0 Å². The lowest BCUT2D eigenvalue weighted by atomic mass is 10.4. The molecule has 0 aliphatic heterocycles. The SMILES string of the molecule is CCNCc1cnc(CCOC)[nH]1. The van der Waals surface area contributed by atoms with Gasteiger partial charge < -0.3 is 15.0 Å². The Morgan fingerprint density at radius 3 is 3.15 bits per heavy atom. The first-order valence-electron chi connectivity index (χ1n) is 4.59. The average molecular weight is 183 g/mol. The molecule has 0 atom stereocenters. The van der Waals surface area contributed by atoms with Gasteiger partial charge in [0.2, 0.25) is 0 Å². The van der Waals surface area contributed by atoms with Crippen molar-refractivity contribution in [3.8, 4) is 0 Å². The summed E-state index contributed by atoms with van der Waals surface area (Å²) in [6.45, 7) is 4.64. The van der Waals surface area contributed by atoms with E-state index >= 15 is 0 Å². The van der Waals surface area contributed by atoms with Gasteiger partial charge in [-0.05, 0) is 6.54 Å². The second-order valence-corrected chi connectivity index (χ2v) is 2.88. The Bertz CT molecular complexity index is 212. The van der Waals surface area contributed by atoms with Crippen LogP contribution >= 0.6 is 0 Å². The predicted molar refractivity (Wildman–Crippen MR) is 51.5 cm³/mol. The first-order chi connectivity index (χ1) is 6.36. The Balaban J connectivity index is 2.34. The third-order valence-electron chi connectivity index (χ3n) is 1.79. The number of methoxy groups -OCH3 is 1. The van der Waals surface area contributed by atoms with E-state index in [1.54, 1.807) is 7.11 Å². The van der Waals surface area contributed by atoms with Crippen molar-refractivity contribution in [3.05, 3.63) is 17.7 Å². The van der Waals surface area contributed by atoms with Gasteiger partial charge in [0.05, 0.1) is 6.61 Å². The number of aromatic amines is 1. The number of nitrogens with one attached hydrogen (secondary N) is 2. The fourth-order valence-electron chi connectivity index (χ4n) is 1.08. The molecule has 0 aliphatic carbocycles. The molecule has 1 aromatic heterocycles. The summed E-state index contributed by atoms with van der Waals surface area (Å²) in [5.74, 6) is 0.995. The molecule has 0 aliphatic rings. The molecule has 1 aromatic rings. The Hall–Kier alpha value is -0.870. The minimum atomic E-state index is 0.716. The molecule has 4 nitrogen and oxygen atoms in total. The molecule has 0 fully saturated rings. The minimum Gasteiger partial charge on any atom is -0.384 e. The van der Waals surface area contributed by atoms with Crippen LogP contribution in [0.3, 0.4) is 0 Å². The zero-order valence-corrected chi connectivity index (χ0v) is 8.26. The lowest BCUT2D eigenvalue weighted by molar-refractivity contribution is 0.200. The molecule has 0 bridgehead atoms. The Kier molecular flexibility index (Phi) is 4.49. The highest BCUT2D eigenvalue weighted by Crippen LogP contribution is 1.97. The third-order valence-corrected chi connectivity index (χ3v) is 1.79. The molecule has 0 saturated heterocycles. The second-order valence-electron chi connectivity index (χ2n) is 2.88. The summed E-state index contributed by atoms with van der Waals surface area (Å²) >= 11 is 0. The molecule has 1 heterocycles. The van der Waals surface area contributed by atoms with Crippen LogP contribution in [0, 0.1) is 0 Å². The Morgan fingerprint density at radius 2 is 2.46 bits per heavy atom. The highest BCUT2D eigenvalue weighted by molar-refractivity contribution is 5.00. The molecule has 2 N–H and O–H groups in total. The average Bonchev–Trinajstić information content (AvgIpc) is 2.59. The van der Waals surface area contributed by atoms with Crippen LogP contribution in [0.2, 0.25) is 0 Å². The van der Waals surface area contributed by atoms with Crippen molar-refractivity contribution in [2.75, 3.05) is 20.3 Å². The standard InChI is InChI=1S/C9H17N3O/c1-3-10-6-8-7-11-9(12-8)4-5-13-2/h7,10H,3-6H2,1-2H3,(H,11,12). The van der Waals surface area contributed by atoms with Gasteiger partial charge >= 0.3 is 0 Å². The second kappa shape index (κ2) is 5.72. The highest BCUT2D eigenvalue weighted by atomic mass is 16.5. The summed E-state index contributed by atoms with van der Waals surface area (Å²) in [7, 11) is 1.70. The Morgan fingerprint density at radius 1 is 1.62 bits per heavy atom. The fourth-order valence-corrected chi connectivity index (χ4v) is 1.08. The number of ether oxygens (including phenoxy) is 1. The number of H-pyrrole nitrogens is 1. The summed E-state index contributed by atoms with van der Waals surface area (Å²) in [5.41, 5.74) is 1.13. The molecule has 0 amide bonds. The molecule has 74 valence electrons. The molecule has 13 heavy (non-hydrogen) atoms. The van der Waals surface area contributed by atoms with E-state index in [1.165, 1.54) is 0 Å². The van der Waals surface area contributed by atoms with E-state index < -0.39 is 0 Å². The van der Waals surface area contributed by atoms with Crippen LogP contribution in [0.1, 0.15) is 18.4 Å². The molecule has 0 radical (unpaired) electrons. The topological polar surface area (TPSA) is 49.9 Å². The molecule has 0 saturated carbocycles. The molecular formula is C9H17N3O. The van der Waals surface area contributed by atoms with E-state index in [2.05, 4.69) is 22.2 Å². The maximum Gasteiger partial charge on any atom is 0.108 e. The predicted octanol–water partition coefficient (Wildman–Crippen LogP) is 0.708. The van der Waals surface area contributed by atoms with Crippen molar-refractivity contribution in [2.45, 2.75) is 19.9 Å². The van der Waals surface area contributed by atoms with Crippen molar-refractivity contribution >= 4 is 0 Å². The normalized spacial score (nSPS) is 10.6. The number of imidazole rings is 1. The summed E-state index contributed by atoms with van der Waals surface area (Å²) in [6.07, 6.45) is 2.72. The van der Waals surface area contributed by atoms with Crippen LogP contribution in [-0.2, 0) is 17.7 Å². The van der Waals surface area contributed by atoms with Crippen LogP contribution in [0.5, 0.6) is 0 Å². The minimum absolute atomic E-state index is 0.716. The summed E-state index contributed by atoms with van der Waals surface area (Å²) in [5, 5.41) is 3.23. The first-order valence-corrected chi connectivity index (χ1v) is 4.59. The number of hydrogen-bond acceptors (Lipinski definition) is 3. The summed E-state index contributed by atoms with van der Waals surface area (Å²) < 4.78 is 4.96. The Labute approximate surface area is 78.7 Å². The van der Waals surface area contributed by atoms with E-state index in [1.807, 2.05) is 6.20 Å². The molecule has 4 heteroatoms. The third kappa shape index (κ3) is 3.57. The summed E-state index contributed by atoms with van der Waals surface area (Å²) in [6, 6.07) is 0. The van der Waals surface area contributed by atoms with Crippen molar-refractivity contribution in [2.24, 2.45) is 0 Å². The van der Waals surface area contributed by atoms with E-state index in [0.29, 0.717) is 6.61 Å². The molecular weight excluding hydrogens is 166 g/mol. The van der Waals surface area contributed by atoms with Gasteiger partial charge in [-0.2, -0.15) is 0 Å². The zero-order valence-electron chi connectivity index (χ0n) is 8.26. The van der Waals surface area contributed by atoms with Gasteiger partial charge in [0.25, 0.3) is 0 Å². The lowest BCUT2D eigenvalue weighted by Crippen LogP contribution is -2.11. The van der Waals surface area contributed by atoms with Gasteiger partial charge in [0.15, 0.2) is 0 Å². The smallest absolute Gasteiger partial charge is 0.108 e. The van der Waals surface area contributed by atoms with Gasteiger partial charge in [0.1, 0.15) is 5.82 Å². The molecule has 0 spiro atoms. The van der Waals surface area contributed by atoms with Crippen LogP contribution in [0.15, 0.2) is 6.20 Å². The van der Waals surface area contributed by atoms with Crippen LogP contribution in [0.25, 0.3) is 0 Å². The van der Waals surface area contributed by atoms with E-state index in [9.17, 15) is 0 Å². The van der Waals surface area contributed by atoms with Crippen LogP contribution < -0.4 is 5.32 Å². The zero-order chi connectivity index (χ0) is 9.52. The van der Waals surface area contributed by atoms with E-state index in [0.717, 1.165) is 31.0 Å². The van der Waals surface area contributed by atoms with Crippen LogP contribution in [-0.4, -0.2) is 30.2 Å². The molecule has 0 aromatic carbocycles. The van der Waals surface area contributed by atoms with Crippen molar-refractivity contribution in [1.29, 1.82) is 0 Å². The largest absolute Gasteiger partial charge is 0.384 e. The number of nitrogens with zero attached hydrogens (tertiary/aromatic N) is 1. The fraction of sp³-hybridized carbons (Fsp3) is 0.667. The number of hydrogen-bond donors (Lipinski definition) is 2. The highest BCUT2D eigenvalue weighted by Gasteiger charge is 1.98.